The van der Waals surface area contributed by atoms with Gasteiger partial charge < -0.3 is 14.5 Å². The zero-order valence-corrected chi connectivity index (χ0v) is 15.0. The van der Waals surface area contributed by atoms with Crippen molar-refractivity contribution in [1.29, 1.82) is 0 Å². The van der Waals surface area contributed by atoms with Gasteiger partial charge in [-0.05, 0) is 59.8 Å². The normalized spacial score (nSPS) is 12.8. The molecule has 4 heteroatoms. The molecule has 0 aliphatic heterocycles. The molecule has 22 heavy (non-hydrogen) atoms. The lowest BCUT2D eigenvalue weighted by Crippen LogP contribution is -2.44. The Balaban J connectivity index is 3.08. The number of hydrogen-bond donors (Lipinski definition) is 0. The van der Waals surface area contributed by atoms with Gasteiger partial charge in [-0.2, -0.15) is 0 Å². The van der Waals surface area contributed by atoms with E-state index in [1.54, 1.807) is 0 Å². The van der Waals surface area contributed by atoms with Crippen LogP contribution in [0, 0.1) is 13.8 Å². The van der Waals surface area contributed by atoms with Gasteiger partial charge in [-0.15, -0.1) is 0 Å². The van der Waals surface area contributed by atoms with Gasteiger partial charge in [0, 0.05) is 18.3 Å². The van der Waals surface area contributed by atoms with Crippen LogP contribution in [0.2, 0.25) is 0 Å². The lowest BCUT2D eigenvalue weighted by Gasteiger charge is -2.31. The van der Waals surface area contributed by atoms with Gasteiger partial charge in [-0.25, -0.2) is 0 Å². The molecule has 0 saturated carbocycles. The Morgan fingerprint density at radius 1 is 1.14 bits per heavy atom. The summed E-state index contributed by atoms with van der Waals surface area (Å²) in [6.07, 6.45) is 0.0510. The van der Waals surface area contributed by atoms with Crippen molar-refractivity contribution >= 4 is 11.6 Å². The van der Waals surface area contributed by atoms with Crippen LogP contribution in [0.1, 0.15) is 31.9 Å². The van der Waals surface area contributed by atoms with Crippen LogP contribution in [0.5, 0.6) is 0 Å². The zero-order chi connectivity index (χ0) is 16.9. The van der Waals surface area contributed by atoms with Crippen molar-refractivity contribution in [2.24, 2.45) is 0 Å². The van der Waals surface area contributed by atoms with Crippen molar-refractivity contribution in [2.75, 3.05) is 32.1 Å². The average Bonchev–Trinajstić information content (AvgIpc) is 2.42. The molecule has 0 fully saturated rings. The van der Waals surface area contributed by atoms with E-state index in [1.807, 2.05) is 64.9 Å². The van der Waals surface area contributed by atoms with E-state index >= 15 is 0 Å². The first-order valence-corrected chi connectivity index (χ1v) is 7.88. The molecule has 0 aliphatic rings. The summed E-state index contributed by atoms with van der Waals surface area (Å²) in [5, 5.41) is 0. The van der Waals surface area contributed by atoms with Crippen molar-refractivity contribution < 1.29 is 9.53 Å². The average molecular weight is 306 g/mol. The minimum absolute atomic E-state index is 0.0137. The number of benzene rings is 1. The fraction of sp³-hybridized carbons (Fsp3) is 0.611. The predicted octanol–water partition coefficient (Wildman–Crippen LogP) is 3.01. The Morgan fingerprint density at radius 2 is 1.68 bits per heavy atom. The highest BCUT2D eigenvalue weighted by molar-refractivity contribution is 5.95. The topological polar surface area (TPSA) is 32.8 Å². The third kappa shape index (κ3) is 5.11. The molecule has 1 rings (SSSR count). The second-order valence-electron chi connectivity index (χ2n) is 6.42. The molecule has 4 nitrogen and oxygen atoms in total. The van der Waals surface area contributed by atoms with Gasteiger partial charge in [0.1, 0.15) is 6.61 Å². The quantitative estimate of drug-likeness (QED) is 0.776. The lowest BCUT2D eigenvalue weighted by atomic mass is 10.1. The van der Waals surface area contributed by atoms with Crippen molar-refractivity contribution in [1.82, 2.24) is 4.90 Å². The third-order valence-electron chi connectivity index (χ3n) is 3.88. The van der Waals surface area contributed by atoms with Gasteiger partial charge in [-0.3, -0.25) is 4.79 Å². The molecule has 0 saturated heterocycles. The van der Waals surface area contributed by atoms with E-state index in [0.29, 0.717) is 6.54 Å². The predicted molar refractivity (Wildman–Crippen MR) is 92.5 cm³/mol. The van der Waals surface area contributed by atoms with Gasteiger partial charge in [0.2, 0.25) is 0 Å². The van der Waals surface area contributed by atoms with E-state index in [9.17, 15) is 4.79 Å². The standard InChI is InChI=1S/C18H30N2O2/c1-13(2)22-12-17(21)20(11-16(5)19(6)7)18-14(3)9-8-10-15(18)4/h8-10,13,16H,11-12H2,1-7H3. The number of likely N-dealkylation sites (N-methyl/N-ethyl adjacent to an activating group) is 1. The molecule has 0 aliphatic carbocycles. The summed E-state index contributed by atoms with van der Waals surface area (Å²) in [5.41, 5.74) is 3.24. The molecule has 1 aromatic carbocycles. The van der Waals surface area contributed by atoms with E-state index in [0.717, 1.165) is 16.8 Å². The van der Waals surface area contributed by atoms with Crippen molar-refractivity contribution in [3.8, 4) is 0 Å². The maximum atomic E-state index is 12.7. The largest absolute Gasteiger partial charge is 0.369 e. The summed E-state index contributed by atoms with van der Waals surface area (Å²) in [4.78, 5) is 16.7. The summed E-state index contributed by atoms with van der Waals surface area (Å²) in [6, 6.07) is 6.39. The molecule has 1 amide bonds. The van der Waals surface area contributed by atoms with Crippen LogP contribution < -0.4 is 4.90 Å². The second-order valence-corrected chi connectivity index (χ2v) is 6.42. The monoisotopic (exact) mass is 306 g/mol. The molecule has 0 aromatic heterocycles. The Kier molecular flexibility index (Phi) is 7.04. The van der Waals surface area contributed by atoms with Crippen molar-refractivity contribution in [2.45, 2.75) is 46.8 Å². The molecule has 1 unspecified atom stereocenters. The number of anilines is 1. The number of hydrogen-bond acceptors (Lipinski definition) is 3. The van der Waals surface area contributed by atoms with Crippen LogP contribution in [0.4, 0.5) is 5.69 Å². The van der Waals surface area contributed by atoms with Crippen molar-refractivity contribution in [3.63, 3.8) is 0 Å². The fourth-order valence-corrected chi connectivity index (χ4v) is 2.29. The van der Waals surface area contributed by atoms with Crippen LogP contribution in [-0.2, 0) is 9.53 Å². The molecule has 1 aromatic rings. The first kappa shape index (κ1) is 18.7. The van der Waals surface area contributed by atoms with Gasteiger partial charge >= 0.3 is 0 Å². The molecule has 1 atom stereocenters. The highest BCUT2D eigenvalue weighted by Crippen LogP contribution is 2.25. The zero-order valence-electron chi connectivity index (χ0n) is 15.0. The van der Waals surface area contributed by atoms with Crippen molar-refractivity contribution in [3.05, 3.63) is 29.3 Å². The van der Waals surface area contributed by atoms with E-state index in [1.165, 1.54) is 0 Å². The Hall–Kier alpha value is -1.39. The Bertz CT molecular complexity index is 478. The number of carbonyl (C=O) groups excluding carboxylic acids is 1. The third-order valence-corrected chi connectivity index (χ3v) is 3.88. The summed E-state index contributed by atoms with van der Waals surface area (Å²) in [5.74, 6) is 0.0137. The number of nitrogens with zero attached hydrogens (tertiary/aromatic N) is 2. The number of ether oxygens (including phenoxy) is 1. The molecule has 0 heterocycles. The lowest BCUT2D eigenvalue weighted by molar-refractivity contribution is -0.124. The molecular weight excluding hydrogens is 276 g/mol. The second kappa shape index (κ2) is 8.30. The summed E-state index contributed by atoms with van der Waals surface area (Å²) in [6.45, 7) is 10.9. The van der Waals surface area contributed by atoms with Crippen LogP contribution in [0.25, 0.3) is 0 Å². The minimum atomic E-state index is 0.0137. The summed E-state index contributed by atoms with van der Waals surface area (Å²) in [7, 11) is 4.06. The molecule has 124 valence electrons. The van der Waals surface area contributed by atoms with E-state index < -0.39 is 0 Å². The maximum absolute atomic E-state index is 12.7. The number of para-hydroxylation sites is 1. The SMILES string of the molecule is Cc1cccc(C)c1N(CC(C)N(C)C)C(=O)COC(C)C. The molecular formula is C18H30N2O2. The minimum Gasteiger partial charge on any atom is -0.369 e. The van der Waals surface area contributed by atoms with E-state index in [-0.39, 0.29) is 24.7 Å². The number of carbonyl (C=O) groups is 1. The van der Waals surface area contributed by atoms with Crippen LogP contribution >= 0.6 is 0 Å². The first-order valence-electron chi connectivity index (χ1n) is 7.88. The molecule has 0 spiro atoms. The maximum Gasteiger partial charge on any atom is 0.253 e. The Morgan fingerprint density at radius 3 is 2.14 bits per heavy atom. The van der Waals surface area contributed by atoms with Crippen LogP contribution in [0.3, 0.4) is 0 Å². The fourth-order valence-electron chi connectivity index (χ4n) is 2.29. The van der Waals surface area contributed by atoms with Crippen LogP contribution in [0.15, 0.2) is 18.2 Å². The van der Waals surface area contributed by atoms with Gasteiger partial charge in [0.15, 0.2) is 0 Å². The number of aryl methyl sites for hydroxylation is 2. The van der Waals surface area contributed by atoms with Gasteiger partial charge in [0.05, 0.1) is 6.10 Å². The number of amides is 1. The van der Waals surface area contributed by atoms with Gasteiger partial charge in [-0.1, -0.05) is 18.2 Å². The highest BCUT2D eigenvalue weighted by Gasteiger charge is 2.22. The van der Waals surface area contributed by atoms with Gasteiger partial charge in [0.25, 0.3) is 5.91 Å². The van der Waals surface area contributed by atoms with E-state index in [2.05, 4.69) is 11.8 Å². The smallest absolute Gasteiger partial charge is 0.253 e. The number of rotatable bonds is 7. The van der Waals surface area contributed by atoms with E-state index in [4.69, 9.17) is 4.74 Å². The van der Waals surface area contributed by atoms with Crippen LogP contribution in [-0.4, -0.2) is 50.2 Å². The Labute approximate surface area is 135 Å². The molecule has 0 bridgehead atoms. The molecule has 0 radical (unpaired) electrons. The first-order chi connectivity index (χ1) is 10.2. The summed E-state index contributed by atoms with van der Waals surface area (Å²) < 4.78 is 5.52. The summed E-state index contributed by atoms with van der Waals surface area (Å²) >= 11 is 0. The molecule has 0 N–H and O–H groups in total. The highest BCUT2D eigenvalue weighted by atomic mass is 16.5.